The topological polar surface area (TPSA) is 52.8 Å². The van der Waals surface area contributed by atoms with Crippen molar-refractivity contribution in [3.05, 3.63) is 59.5 Å². The van der Waals surface area contributed by atoms with Crippen LogP contribution in [-0.2, 0) is 19.6 Å². The van der Waals surface area contributed by atoms with Crippen LogP contribution in [0, 0.1) is 0 Å². The zero-order chi connectivity index (χ0) is 19.6. The molecule has 0 radical (unpaired) electrons. The molecule has 3 rings (SSSR count). The third kappa shape index (κ3) is 8.22. The zero-order valence-corrected chi connectivity index (χ0v) is 20.5. The van der Waals surface area contributed by atoms with Crippen molar-refractivity contribution in [1.29, 1.82) is 0 Å². The lowest BCUT2D eigenvalue weighted by Crippen LogP contribution is -2.40. The maximum atomic E-state index is 5.47. The maximum absolute atomic E-state index is 5.47. The van der Waals surface area contributed by atoms with E-state index < -0.39 is 0 Å². The molecule has 1 fully saturated rings. The summed E-state index contributed by atoms with van der Waals surface area (Å²) in [5.74, 6) is 3.19. The van der Waals surface area contributed by atoms with Crippen LogP contribution in [-0.4, -0.2) is 42.0 Å². The third-order valence-corrected chi connectivity index (χ3v) is 6.24. The Morgan fingerprint density at radius 2 is 2.00 bits per heavy atom. The lowest BCUT2D eigenvalue weighted by atomic mass is 10.1. The van der Waals surface area contributed by atoms with Gasteiger partial charge in [0, 0.05) is 24.9 Å². The molecule has 1 aromatic heterocycles. The van der Waals surface area contributed by atoms with Gasteiger partial charge in [0.25, 0.3) is 0 Å². The number of rotatable bonds is 9. The van der Waals surface area contributed by atoms with Crippen molar-refractivity contribution >= 4 is 41.7 Å². The van der Waals surface area contributed by atoms with Gasteiger partial charge in [0.1, 0.15) is 5.76 Å². The molecule has 1 saturated heterocycles. The molecule has 5 nitrogen and oxygen atoms in total. The fourth-order valence-electron chi connectivity index (χ4n) is 3.40. The number of benzene rings is 1. The number of hydrogen-bond donors (Lipinski definition) is 2. The van der Waals surface area contributed by atoms with Crippen LogP contribution in [0.5, 0.6) is 0 Å². The summed E-state index contributed by atoms with van der Waals surface area (Å²) in [6.45, 7) is 6.32. The molecule has 1 aliphatic heterocycles. The van der Waals surface area contributed by atoms with Gasteiger partial charge in [0.2, 0.25) is 0 Å². The summed E-state index contributed by atoms with van der Waals surface area (Å²) in [6, 6.07) is 12.5. The first kappa shape index (κ1) is 24.1. The van der Waals surface area contributed by atoms with Crippen molar-refractivity contribution in [2.75, 3.05) is 25.9 Å². The minimum absolute atomic E-state index is 0. The monoisotopic (exact) mass is 528 g/mol. The summed E-state index contributed by atoms with van der Waals surface area (Å²) >= 11 is 2.07. The van der Waals surface area contributed by atoms with Crippen molar-refractivity contribution < 1.29 is 4.42 Å². The highest BCUT2D eigenvalue weighted by molar-refractivity contribution is 14.0. The van der Waals surface area contributed by atoms with Gasteiger partial charge in [0.05, 0.1) is 19.4 Å². The molecular formula is C22H33IN4OS. The number of nitrogens with one attached hydrogen (secondary N) is 2. The van der Waals surface area contributed by atoms with Crippen LogP contribution in [0.4, 0.5) is 0 Å². The molecule has 1 aromatic carbocycles. The summed E-state index contributed by atoms with van der Waals surface area (Å²) < 4.78 is 5.47. The average molecular weight is 529 g/mol. The number of thioether (sulfide) groups is 1. The molecule has 0 aliphatic carbocycles. The summed E-state index contributed by atoms with van der Waals surface area (Å²) in [5.41, 5.74) is 2.57. The number of halogens is 1. The van der Waals surface area contributed by atoms with Crippen LogP contribution < -0.4 is 10.6 Å². The molecule has 29 heavy (non-hydrogen) atoms. The minimum Gasteiger partial charge on any atom is -0.468 e. The lowest BCUT2D eigenvalue weighted by molar-refractivity contribution is 0.287. The predicted octanol–water partition coefficient (Wildman–Crippen LogP) is 4.48. The Morgan fingerprint density at radius 1 is 1.17 bits per heavy atom. The molecule has 0 saturated carbocycles. The Kier molecular flexibility index (Phi) is 10.9. The van der Waals surface area contributed by atoms with Crippen molar-refractivity contribution in [2.45, 2.75) is 44.6 Å². The summed E-state index contributed by atoms with van der Waals surface area (Å²) in [4.78, 5) is 7.10. The van der Waals surface area contributed by atoms with E-state index in [9.17, 15) is 0 Å². The normalized spacial score (nSPS) is 16.7. The predicted molar refractivity (Wildman–Crippen MR) is 134 cm³/mol. The van der Waals surface area contributed by atoms with Gasteiger partial charge in [-0.15, -0.1) is 24.0 Å². The zero-order valence-electron chi connectivity index (χ0n) is 17.4. The van der Waals surface area contributed by atoms with Gasteiger partial charge in [-0.25, -0.2) is 4.99 Å². The van der Waals surface area contributed by atoms with E-state index >= 15 is 0 Å². The van der Waals surface area contributed by atoms with Gasteiger partial charge in [0.15, 0.2) is 5.96 Å². The van der Waals surface area contributed by atoms with Gasteiger partial charge >= 0.3 is 0 Å². The summed E-state index contributed by atoms with van der Waals surface area (Å²) in [7, 11) is 2.12. The Balaban J connectivity index is 0.00000300. The first-order valence-corrected chi connectivity index (χ1v) is 11.2. The van der Waals surface area contributed by atoms with E-state index in [4.69, 9.17) is 9.41 Å². The van der Waals surface area contributed by atoms with Crippen LogP contribution in [0.2, 0.25) is 0 Å². The molecule has 2 aromatic rings. The Hall–Kier alpha value is -1.19. The minimum atomic E-state index is 0. The van der Waals surface area contributed by atoms with Crippen LogP contribution in [0.15, 0.2) is 52.1 Å². The van der Waals surface area contributed by atoms with Gasteiger partial charge in [-0.2, -0.15) is 11.8 Å². The average Bonchev–Trinajstić information content (AvgIpc) is 3.39. The van der Waals surface area contributed by atoms with Crippen molar-refractivity contribution in [3.8, 4) is 0 Å². The second-order valence-electron chi connectivity index (χ2n) is 7.23. The number of hydrogen-bond acceptors (Lipinski definition) is 4. The molecule has 1 unspecified atom stereocenters. The van der Waals surface area contributed by atoms with Gasteiger partial charge in [-0.3, -0.25) is 4.90 Å². The molecular weight excluding hydrogens is 495 g/mol. The number of nitrogens with zero attached hydrogens (tertiary/aromatic N) is 2. The van der Waals surface area contributed by atoms with Crippen LogP contribution in [0.1, 0.15) is 36.7 Å². The van der Waals surface area contributed by atoms with Crippen molar-refractivity contribution in [2.24, 2.45) is 4.99 Å². The molecule has 1 aliphatic rings. The molecule has 0 spiro atoms. The quantitative estimate of drug-likeness (QED) is 0.286. The maximum Gasteiger partial charge on any atom is 0.191 e. The van der Waals surface area contributed by atoms with Crippen LogP contribution >= 0.6 is 35.7 Å². The third-order valence-electron chi connectivity index (χ3n) is 4.84. The number of furan rings is 1. The van der Waals surface area contributed by atoms with E-state index in [1.54, 1.807) is 6.26 Å². The van der Waals surface area contributed by atoms with E-state index in [2.05, 4.69) is 65.5 Å². The first-order chi connectivity index (χ1) is 13.7. The molecule has 0 amide bonds. The smallest absolute Gasteiger partial charge is 0.191 e. The number of guanidine groups is 1. The van der Waals surface area contributed by atoms with Gasteiger partial charge in [-0.05, 0) is 55.8 Å². The molecule has 2 N–H and O–H groups in total. The van der Waals surface area contributed by atoms with E-state index in [0.717, 1.165) is 37.9 Å². The Morgan fingerprint density at radius 3 is 2.69 bits per heavy atom. The van der Waals surface area contributed by atoms with Crippen molar-refractivity contribution in [1.82, 2.24) is 15.5 Å². The molecule has 1 atom stereocenters. The van der Waals surface area contributed by atoms with E-state index in [1.165, 1.54) is 29.7 Å². The lowest BCUT2D eigenvalue weighted by Gasteiger charge is -2.18. The highest BCUT2D eigenvalue weighted by Gasteiger charge is 2.15. The standard InChI is InChI=1S/C22H32N4OS.HI/c1-3-23-22(25-15-21-11-7-13-28-21)24-14-18-8-4-5-9-19(18)16-26(2)17-20-10-6-12-27-20;/h4-6,8-10,12,21H,3,7,11,13-17H2,1-2H3,(H2,23,24,25);1H. The van der Waals surface area contributed by atoms with E-state index in [0.29, 0.717) is 11.8 Å². The van der Waals surface area contributed by atoms with Crippen LogP contribution in [0.25, 0.3) is 0 Å². The van der Waals surface area contributed by atoms with Gasteiger partial charge in [-0.1, -0.05) is 24.3 Å². The SMILES string of the molecule is CCNC(=NCc1ccccc1CN(C)Cc1ccco1)NCC1CCCS1.I. The highest BCUT2D eigenvalue weighted by atomic mass is 127. The number of aliphatic imine (C=N–C) groups is 1. The fraction of sp³-hybridized carbons (Fsp3) is 0.500. The second kappa shape index (κ2) is 13.2. The first-order valence-electron chi connectivity index (χ1n) is 10.2. The molecule has 160 valence electrons. The second-order valence-corrected chi connectivity index (χ2v) is 8.64. The van der Waals surface area contributed by atoms with Crippen molar-refractivity contribution in [3.63, 3.8) is 0 Å². The van der Waals surface area contributed by atoms with E-state index in [-0.39, 0.29) is 24.0 Å². The summed E-state index contributed by atoms with van der Waals surface area (Å²) in [5, 5.41) is 7.61. The Labute approximate surface area is 196 Å². The van der Waals surface area contributed by atoms with Gasteiger partial charge < -0.3 is 15.1 Å². The fourth-order valence-corrected chi connectivity index (χ4v) is 4.60. The largest absolute Gasteiger partial charge is 0.468 e. The van der Waals surface area contributed by atoms with Crippen LogP contribution in [0.3, 0.4) is 0 Å². The Bertz CT molecular complexity index is 732. The molecule has 2 heterocycles. The molecule has 0 bridgehead atoms. The molecule has 7 heteroatoms. The highest BCUT2D eigenvalue weighted by Crippen LogP contribution is 2.25. The van der Waals surface area contributed by atoms with E-state index in [1.807, 2.05) is 12.1 Å². The summed E-state index contributed by atoms with van der Waals surface area (Å²) in [6.07, 6.45) is 4.37.